The summed E-state index contributed by atoms with van der Waals surface area (Å²) < 4.78 is 0. The summed E-state index contributed by atoms with van der Waals surface area (Å²) >= 11 is 0. The predicted octanol–water partition coefficient (Wildman–Crippen LogP) is 2.89. The van der Waals surface area contributed by atoms with E-state index in [1.165, 1.54) is 24.3 Å². The minimum Gasteiger partial charge on any atom is -0.478 e. The molecule has 0 spiro atoms. The van der Waals surface area contributed by atoms with Gasteiger partial charge in [-0.25, -0.2) is 14.4 Å². The van der Waals surface area contributed by atoms with Crippen LogP contribution >= 0.6 is 0 Å². The highest BCUT2D eigenvalue weighted by Gasteiger charge is 2.17. The zero-order chi connectivity index (χ0) is 16.7. The lowest BCUT2D eigenvalue weighted by Gasteiger charge is -2.07. The molecule has 0 heterocycles. The highest BCUT2D eigenvalue weighted by Crippen LogP contribution is 2.27. The Balaban J connectivity index is 2.35. The van der Waals surface area contributed by atoms with Crippen molar-refractivity contribution in [1.82, 2.24) is 0 Å². The van der Waals surface area contributed by atoms with Crippen molar-refractivity contribution in [2.24, 2.45) is 0 Å². The van der Waals surface area contributed by atoms with E-state index in [-0.39, 0.29) is 16.7 Å². The Labute approximate surface area is 129 Å². The lowest BCUT2D eigenvalue weighted by molar-refractivity contribution is 0.0652. The minimum absolute atomic E-state index is 0.00235. The fourth-order valence-corrected chi connectivity index (χ4v) is 2.46. The zero-order valence-corrected chi connectivity index (χ0v) is 11.5. The van der Waals surface area contributed by atoms with E-state index in [1.54, 1.807) is 12.1 Å². The van der Waals surface area contributed by atoms with Crippen molar-refractivity contribution < 1.29 is 29.7 Å². The van der Waals surface area contributed by atoms with Crippen LogP contribution in [0.25, 0.3) is 21.5 Å². The first-order chi connectivity index (χ1) is 10.9. The third kappa shape index (κ3) is 2.46. The molecule has 3 N–H and O–H groups in total. The molecule has 3 aromatic carbocycles. The molecule has 113 valence electrons. The second-order valence-electron chi connectivity index (χ2n) is 4.99. The van der Waals surface area contributed by atoms with Gasteiger partial charge in [-0.3, -0.25) is 0 Å². The molecule has 23 heavy (non-hydrogen) atoms. The molecule has 0 amide bonds. The van der Waals surface area contributed by atoms with Crippen LogP contribution in [0.15, 0.2) is 36.4 Å². The quantitative estimate of drug-likeness (QED) is 0.641. The number of hydrogen-bond donors (Lipinski definition) is 3. The second kappa shape index (κ2) is 5.10. The average molecular weight is 309 g/mol. The standard InChI is InChI=1S/C17H9O6/c18-15(19)9-2-1-8-3-11-6-13(16(20)21)14(17(22)23)7-12(11)5-10(8)4-9/h1,3-7H,(H,18,19)(H,20,21)(H,22,23). The number of fused-ring (bicyclic) bond motifs is 2. The smallest absolute Gasteiger partial charge is 0.336 e. The summed E-state index contributed by atoms with van der Waals surface area (Å²) in [5.41, 5.74) is -0.613. The van der Waals surface area contributed by atoms with E-state index in [4.69, 9.17) is 15.3 Å². The normalized spacial score (nSPS) is 10.8. The molecular formula is C17H9O6. The summed E-state index contributed by atoms with van der Waals surface area (Å²) in [5, 5.41) is 29.7. The van der Waals surface area contributed by atoms with E-state index in [9.17, 15) is 14.4 Å². The number of benzene rings is 3. The first-order valence-corrected chi connectivity index (χ1v) is 6.50. The van der Waals surface area contributed by atoms with Gasteiger partial charge in [-0.1, -0.05) is 0 Å². The first-order valence-electron chi connectivity index (χ1n) is 6.50. The van der Waals surface area contributed by atoms with Gasteiger partial charge in [-0.05, 0) is 64.0 Å². The van der Waals surface area contributed by atoms with Crippen LogP contribution in [0.1, 0.15) is 31.1 Å². The Bertz CT molecular complexity index is 1000. The summed E-state index contributed by atoms with van der Waals surface area (Å²) in [5.74, 6) is -3.77. The van der Waals surface area contributed by atoms with Crippen LogP contribution in [0, 0.1) is 6.07 Å². The van der Waals surface area contributed by atoms with Crippen molar-refractivity contribution in [3.8, 4) is 0 Å². The van der Waals surface area contributed by atoms with E-state index in [0.29, 0.717) is 21.5 Å². The summed E-state index contributed by atoms with van der Waals surface area (Å²) in [6.45, 7) is 0. The molecule has 1 radical (unpaired) electrons. The molecule has 0 aliphatic carbocycles. The molecule has 3 aromatic rings. The monoisotopic (exact) mass is 309 g/mol. The van der Waals surface area contributed by atoms with Crippen molar-refractivity contribution in [2.45, 2.75) is 0 Å². The van der Waals surface area contributed by atoms with Crippen LogP contribution in [0.5, 0.6) is 0 Å². The van der Waals surface area contributed by atoms with Gasteiger partial charge in [0.1, 0.15) is 0 Å². The van der Waals surface area contributed by atoms with Gasteiger partial charge in [-0.2, -0.15) is 0 Å². The minimum atomic E-state index is -1.34. The molecule has 0 fully saturated rings. The molecule has 0 atom stereocenters. The average Bonchev–Trinajstić information content (AvgIpc) is 2.50. The molecule has 0 aromatic heterocycles. The Morgan fingerprint density at radius 2 is 1.13 bits per heavy atom. The van der Waals surface area contributed by atoms with Crippen LogP contribution < -0.4 is 0 Å². The maximum atomic E-state index is 11.2. The Kier molecular flexibility index (Phi) is 3.22. The number of carboxylic acid groups (broad SMARTS) is 3. The van der Waals surface area contributed by atoms with Gasteiger partial charge < -0.3 is 15.3 Å². The van der Waals surface area contributed by atoms with Gasteiger partial charge in [0.15, 0.2) is 0 Å². The Morgan fingerprint density at radius 3 is 1.61 bits per heavy atom. The highest BCUT2D eigenvalue weighted by atomic mass is 16.4. The van der Waals surface area contributed by atoms with Gasteiger partial charge in [0, 0.05) is 0 Å². The molecule has 0 aliphatic heterocycles. The molecule has 6 heteroatoms. The van der Waals surface area contributed by atoms with Gasteiger partial charge in [0.2, 0.25) is 0 Å². The van der Waals surface area contributed by atoms with Crippen molar-refractivity contribution in [1.29, 1.82) is 0 Å². The van der Waals surface area contributed by atoms with E-state index in [2.05, 4.69) is 6.07 Å². The lowest BCUT2D eigenvalue weighted by atomic mass is 9.97. The molecule has 3 rings (SSSR count). The molecule has 0 saturated carbocycles. The molecule has 0 bridgehead atoms. The van der Waals surface area contributed by atoms with Gasteiger partial charge >= 0.3 is 17.9 Å². The number of carboxylic acids is 3. The molecular weight excluding hydrogens is 300 g/mol. The van der Waals surface area contributed by atoms with Crippen LogP contribution in [-0.2, 0) is 0 Å². The number of rotatable bonds is 3. The number of carbonyl (C=O) groups is 3. The van der Waals surface area contributed by atoms with Crippen LogP contribution in [0.2, 0.25) is 0 Å². The summed E-state index contributed by atoms with van der Waals surface area (Å²) in [6, 6.07) is 11.4. The highest BCUT2D eigenvalue weighted by molar-refractivity contribution is 6.09. The largest absolute Gasteiger partial charge is 0.478 e. The van der Waals surface area contributed by atoms with E-state index in [0.717, 1.165) is 0 Å². The summed E-state index contributed by atoms with van der Waals surface area (Å²) in [4.78, 5) is 33.4. The number of aromatic carboxylic acids is 3. The molecule has 0 aliphatic rings. The number of hydrogen-bond acceptors (Lipinski definition) is 3. The van der Waals surface area contributed by atoms with Crippen molar-refractivity contribution in [3.63, 3.8) is 0 Å². The Hall–Kier alpha value is -3.41. The van der Waals surface area contributed by atoms with Gasteiger partial charge in [-0.15, -0.1) is 0 Å². The third-order valence-corrected chi connectivity index (χ3v) is 3.55. The van der Waals surface area contributed by atoms with E-state index in [1.807, 2.05) is 0 Å². The SMILES string of the molecule is O=C(O)c1[c]cc2cc3cc(C(=O)O)c(C(=O)O)cc3cc2c1. The summed E-state index contributed by atoms with van der Waals surface area (Å²) in [6.07, 6.45) is 0. The topological polar surface area (TPSA) is 112 Å². The fraction of sp³-hybridized carbons (Fsp3) is 0. The zero-order valence-electron chi connectivity index (χ0n) is 11.5. The summed E-state index contributed by atoms with van der Waals surface area (Å²) in [7, 11) is 0. The van der Waals surface area contributed by atoms with Gasteiger partial charge in [0.05, 0.1) is 16.7 Å². The molecule has 0 saturated heterocycles. The van der Waals surface area contributed by atoms with Crippen molar-refractivity contribution in [2.75, 3.05) is 0 Å². The van der Waals surface area contributed by atoms with Crippen molar-refractivity contribution >= 4 is 39.5 Å². The fourth-order valence-electron chi connectivity index (χ4n) is 2.46. The second-order valence-corrected chi connectivity index (χ2v) is 4.99. The predicted molar refractivity (Wildman–Crippen MR) is 81.2 cm³/mol. The van der Waals surface area contributed by atoms with Gasteiger partial charge in [0.25, 0.3) is 0 Å². The molecule has 6 nitrogen and oxygen atoms in total. The van der Waals surface area contributed by atoms with E-state index < -0.39 is 17.9 Å². The van der Waals surface area contributed by atoms with Crippen LogP contribution in [-0.4, -0.2) is 33.2 Å². The third-order valence-electron chi connectivity index (χ3n) is 3.55. The molecule has 0 unspecified atom stereocenters. The lowest BCUT2D eigenvalue weighted by Crippen LogP contribution is -2.07. The van der Waals surface area contributed by atoms with Crippen LogP contribution in [0.4, 0.5) is 0 Å². The van der Waals surface area contributed by atoms with E-state index >= 15 is 0 Å². The Morgan fingerprint density at radius 1 is 0.652 bits per heavy atom. The maximum Gasteiger partial charge on any atom is 0.336 e. The first kappa shape index (κ1) is 14.5. The van der Waals surface area contributed by atoms with Crippen molar-refractivity contribution in [3.05, 3.63) is 59.2 Å². The van der Waals surface area contributed by atoms with Crippen LogP contribution in [0.3, 0.4) is 0 Å². The maximum absolute atomic E-state index is 11.2.